The first-order valence-corrected chi connectivity index (χ1v) is 20.9. The van der Waals surface area contributed by atoms with Crippen molar-refractivity contribution in [3.8, 4) is 11.5 Å². The third-order valence-corrected chi connectivity index (χ3v) is 12.7. The molecular weight excluding hydrogens is 751 g/mol. The summed E-state index contributed by atoms with van der Waals surface area (Å²) >= 11 is 0. The number of hydrogen-bond donors (Lipinski definition) is 7. The van der Waals surface area contributed by atoms with E-state index in [9.17, 15) is 34.2 Å². The quantitative estimate of drug-likeness (QED) is 0.105. The number of hydrogen-bond acceptors (Lipinski definition) is 9. The van der Waals surface area contributed by atoms with Crippen LogP contribution in [0.3, 0.4) is 0 Å². The maximum Gasteiger partial charge on any atom is 0.328 e. The molecule has 8 atom stereocenters. The van der Waals surface area contributed by atoms with Crippen molar-refractivity contribution >= 4 is 29.6 Å². The summed E-state index contributed by atoms with van der Waals surface area (Å²) < 4.78 is 6.38. The van der Waals surface area contributed by atoms with E-state index in [2.05, 4.69) is 34.3 Å². The zero-order valence-electron chi connectivity index (χ0n) is 34.2. The van der Waals surface area contributed by atoms with Gasteiger partial charge in [-0.1, -0.05) is 69.3 Å². The molecular formula is C46H59N5O8. The van der Waals surface area contributed by atoms with Crippen molar-refractivity contribution < 1.29 is 38.9 Å². The molecule has 0 aliphatic heterocycles. The third-order valence-electron chi connectivity index (χ3n) is 12.7. The predicted octanol–water partition coefficient (Wildman–Crippen LogP) is 3.93. The summed E-state index contributed by atoms with van der Waals surface area (Å²) in [5.74, 6) is -1.08. The number of carbonyl (C=O) groups excluding carboxylic acids is 5. The third kappa shape index (κ3) is 10.8. The summed E-state index contributed by atoms with van der Waals surface area (Å²) in [6.45, 7) is 5.33. The number of nitrogens with two attached hydrogens (primary N) is 1. The van der Waals surface area contributed by atoms with Gasteiger partial charge in [-0.25, -0.2) is 4.79 Å². The minimum Gasteiger partial charge on any atom is -0.508 e. The second kappa shape index (κ2) is 19.1. The van der Waals surface area contributed by atoms with Gasteiger partial charge in [0.05, 0.1) is 19.1 Å². The topological polar surface area (TPSA) is 209 Å². The summed E-state index contributed by atoms with van der Waals surface area (Å²) in [6.07, 6.45) is 6.00. The average molecular weight is 810 g/mol. The Morgan fingerprint density at radius 1 is 0.780 bits per heavy atom. The van der Waals surface area contributed by atoms with Crippen LogP contribution in [-0.4, -0.2) is 77.1 Å². The Kier molecular flexibility index (Phi) is 14.0. The second-order valence-corrected chi connectivity index (χ2v) is 17.3. The van der Waals surface area contributed by atoms with Crippen LogP contribution in [0, 0.1) is 23.2 Å². The fourth-order valence-corrected chi connectivity index (χ4v) is 9.72. The van der Waals surface area contributed by atoms with Gasteiger partial charge < -0.3 is 42.0 Å². The van der Waals surface area contributed by atoms with Crippen LogP contribution in [0.5, 0.6) is 11.5 Å². The number of fused-ring (bicyclic) bond motifs is 5. The van der Waals surface area contributed by atoms with Crippen molar-refractivity contribution in [2.24, 2.45) is 28.9 Å². The van der Waals surface area contributed by atoms with Gasteiger partial charge in [0.2, 0.25) is 23.6 Å². The van der Waals surface area contributed by atoms with E-state index in [1.54, 1.807) is 18.2 Å². The number of amides is 4. The Balaban J connectivity index is 1.04. The second-order valence-electron chi connectivity index (χ2n) is 17.3. The lowest BCUT2D eigenvalue weighted by atomic mass is 9.55. The molecule has 0 spiro atoms. The molecule has 8 N–H and O–H groups in total. The number of aromatic hydroxyl groups is 2. The van der Waals surface area contributed by atoms with Gasteiger partial charge in [0.1, 0.15) is 29.7 Å². The van der Waals surface area contributed by atoms with Crippen molar-refractivity contribution in [2.45, 2.75) is 109 Å². The normalized spacial score (nSPS) is 23.3. The number of carbonyl (C=O) groups is 5. The lowest BCUT2D eigenvalue weighted by molar-refractivity contribution is -0.161. The van der Waals surface area contributed by atoms with Gasteiger partial charge in [0.15, 0.2) is 0 Å². The molecule has 4 amide bonds. The minimum absolute atomic E-state index is 0.0529. The number of nitrogens with one attached hydrogen (secondary N) is 4. The average Bonchev–Trinajstić information content (AvgIpc) is 3.54. The molecule has 3 aliphatic rings. The highest BCUT2D eigenvalue weighted by molar-refractivity contribution is 5.93. The molecule has 59 heavy (non-hydrogen) atoms. The molecule has 0 aromatic heterocycles. The highest BCUT2D eigenvalue weighted by Crippen LogP contribution is 2.61. The molecule has 3 aliphatic carbocycles. The summed E-state index contributed by atoms with van der Waals surface area (Å²) in [4.78, 5) is 66.3. The van der Waals surface area contributed by atoms with Crippen LogP contribution in [0.2, 0.25) is 0 Å². The first-order chi connectivity index (χ1) is 28.2. The Morgan fingerprint density at radius 2 is 1.47 bits per heavy atom. The van der Waals surface area contributed by atoms with Gasteiger partial charge in [-0.3, -0.25) is 19.2 Å². The van der Waals surface area contributed by atoms with E-state index in [-0.39, 0.29) is 36.0 Å². The molecule has 6 rings (SSSR count). The van der Waals surface area contributed by atoms with Crippen LogP contribution in [0.1, 0.15) is 87.5 Å². The van der Waals surface area contributed by atoms with Crippen LogP contribution >= 0.6 is 0 Å². The van der Waals surface area contributed by atoms with Crippen molar-refractivity contribution in [2.75, 3.05) is 13.1 Å². The zero-order chi connectivity index (χ0) is 42.3. The summed E-state index contributed by atoms with van der Waals surface area (Å²) in [5.41, 5.74) is 9.91. The maximum absolute atomic E-state index is 14.1. The largest absolute Gasteiger partial charge is 0.508 e. The number of ether oxygens (including phenoxy) is 1. The van der Waals surface area contributed by atoms with Crippen molar-refractivity contribution in [1.29, 1.82) is 0 Å². The van der Waals surface area contributed by atoms with E-state index >= 15 is 0 Å². The molecule has 2 saturated carbocycles. The molecule has 0 bridgehead atoms. The van der Waals surface area contributed by atoms with Crippen molar-refractivity contribution in [3.63, 3.8) is 0 Å². The molecule has 13 nitrogen and oxygen atoms in total. The molecule has 2 fully saturated rings. The standard InChI is InChI=1S/C46H59N5O8/c1-27(2)21-39(45(58)59-40-18-17-36-35-15-11-30-24-32(53)14-16-33(30)34(35)19-20-46(36,40)3)51-44(57)38(23-28-7-5-4-6-8-28)50-42(55)26-48-41(54)25-49-43(56)37(47)22-29-9-12-31(52)13-10-29/h4-10,12-14,16,24,27,34-40,52-53H,11,15,17-23,25-26,47H2,1-3H3,(H,48,54)(H,49,56)(H,50,55)(H,51,57)/t34-,35-,36+,37+,38+,39+,40+,46+/m1/s1. The van der Waals surface area contributed by atoms with Gasteiger partial charge in [0, 0.05) is 11.8 Å². The van der Waals surface area contributed by atoms with Gasteiger partial charge in [-0.15, -0.1) is 0 Å². The van der Waals surface area contributed by atoms with Gasteiger partial charge in [-0.2, -0.15) is 0 Å². The monoisotopic (exact) mass is 809 g/mol. The van der Waals surface area contributed by atoms with Crippen molar-refractivity contribution in [3.05, 3.63) is 95.1 Å². The first kappa shape index (κ1) is 43.2. The fourth-order valence-electron chi connectivity index (χ4n) is 9.72. The van der Waals surface area contributed by atoms with E-state index in [1.807, 2.05) is 50.2 Å². The summed E-state index contributed by atoms with van der Waals surface area (Å²) in [6, 6.07) is 18.3. The van der Waals surface area contributed by atoms with Crippen LogP contribution in [0.15, 0.2) is 72.8 Å². The number of rotatable bonds is 16. The highest BCUT2D eigenvalue weighted by Gasteiger charge is 2.56. The van der Waals surface area contributed by atoms with E-state index in [0.717, 1.165) is 49.7 Å². The predicted molar refractivity (Wildman–Crippen MR) is 222 cm³/mol. The molecule has 3 aromatic rings. The Morgan fingerprint density at radius 3 is 2.20 bits per heavy atom. The fraction of sp³-hybridized carbons (Fsp3) is 0.500. The van der Waals surface area contributed by atoms with Crippen LogP contribution in [-0.2, 0) is 48.0 Å². The smallest absolute Gasteiger partial charge is 0.328 e. The number of phenols is 2. The minimum atomic E-state index is -1.07. The van der Waals surface area contributed by atoms with Crippen molar-refractivity contribution in [1.82, 2.24) is 21.3 Å². The van der Waals surface area contributed by atoms with Crippen LogP contribution in [0.25, 0.3) is 0 Å². The van der Waals surface area contributed by atoms with E-state index in [1.165, 1.54) is 23.3 Å². The Labute approximate surface area is 346 Å². The number of phenolic OH excluding ortho intramolecular Hbond substituents is 2. The van der Waals surface area contributed by atoms with Gasteiger partial charge in [0.25, 0.3) is 0 Å². The summed E-state index contributed by atoms with van der Waals surface area (Å²) in [7, 11) is 0. The summed E-state index contributed by atoms with van der Waals surface area (Å²) in [5, 5.41) is 30.1. The maximum atomic E-state index is 14.1. The van der Waals surface area contributed by atoms with Gasteiger partial charge in [-0.05, 0) is 122 Å². The molecule has 13 heteroatoms. The van der Waals surface area contributed by atoms with Gasteiger partial charge >= 0.3 is 5.97 Å². The Hall–Kier alpha value is -5.43. The lowest BCUT2D eigenvalue weighted by Gasteiger charge is -2.50. The molecule has 316 valence electrons. The highest BCUT2D eigenvalue weighted by atomic mass is 16.5. The lowest BCUT2D eigenvalue weighted by Crippen LogP contribution is -2.55. The Bertz CT molecular complexity index is 1970. The number of benzene rings is 3. The number of aryl methyl sites for hydroxylation is 1. The SMILES string of the molecule is CC(C)C[C@H](NC(=O)[C@H](Cc1ccccc1)NC(=O)CNC(=O)CNC(=O)[C@@H](N)Cc1ccc(O)cc1)C(=O)O[C@H]1CC[C@H]2[C@@H]3CCc4cc(O)ccc4[C@H]3CC[C@]12C. The van der Waals surface area contributed by atoms with E-state index in [0.29, 0.717) is 29.9 Å². The molecule has 0 heterocycles. The molecule has 0 radical (unpaired) electrons. The molecule has 0 saturated heterocycles. The zero-order valence-corrected chi connectivity index (χ0v) is 34.2. The van der Waals surface area contributed by atoms with Crippen LogP contribution in [0.4, 0.5) is 0 Å². The van der Waals surface area contributed by atoms with E-state index in [4.69, 9.17) is 10.5 Å². The number of esters is 1. The molecule has 0 unspecified atom stereocenters. The molecule has 3 aromatic carbocycles. The first-order valence-electron chi connectivity index (χ1n) is 20.9. The van der Waals surface area contributed by atoms with E-state index < -0.39 is 60.8 Å². The van der Waals surface area contributed by atoms with Crippen LogP contribution < -0.4 is 27.0 Å².